The van der Waals surface area contributed by atoms with Gasteiger partial charge in [-0.1, -0.05) is 0 Å². The Hall–Kier alpha value is -0.160. The van der Waals surface area contributed by atoms with E-state index >= 15 is 0 Å². The molecule has 0 amide bonds. The van der Waals surface area contributed by atoms with Crippen LogP contribution in [0.2, 0.25) is 0 Å². The van der Waals surface area contributed by atoms with Crippen molar-refractivity contribution < 1.29 is 20.4 Å². The summed E-state index contributed by atoms with van der Waals surface area (Å²) in [6, 6.07) is 0. The van der Waals surface area contributed by atoms with Gasteiger partial charge in [0, 0.05) is 13.0 Å². The maximum Gasteiger partial charge on any atom is 0.106 e. The molecule has 0 aliphatic rings. The smallest absolute Gasteiger partial charge is 0.106 e. The predicted molar refractivity (Wildman–Crippen MR) is 35.1 cm³/mol. The first-order chi connectivity index (χ1) is 4.54. The molecule has 0 saturated carbocycles. The van der Waals surface area contributed by atoms with Crippen LogP contribution in [0.3, 0.4) is 0 Å². The molecule has 4 N–H and O–H groups in total. The van der Waals surface area contributed by atoms with Crippen LogP contribution in [0.5, 0.6) is 0 Å². The van der Waals surface area contributed by atoms with Crippen LogP contribution in [-0.2, 0) is 0 Å². The first-order valence-electron chi connectivity index (χ1n) is 3.02. The molecule has 0 rings (SSSR count). The molecule has 2 unspecified atom stereocenters. The Morgan fingerprint density at radius 1 is 1.40 bits per heavy atom. The van der Waals surface area contributed by atoms with Crippen LogP contribution in [-0.4, -0.2) is 45.3 Å². The Morgan fingerprint density at radius 2 is 1.90 bits per heavy atom. The maximum atomic E-state index is 9.10. The summed E-state index contributed by atoms with van der Waals surface area (Å²) in [5.74, 6) is 0. The van der Waals surface area contributed by atoms with Crippen LogP contribution in [0.15, 0.2) is 0 Å². The lowest BCUT2D eigenvalue weighted by Gasteiger charge is -2.26. The van der Waals surface area contributed by atoms with E-state index in [2.05, 4.69) is 6.92 Å². The first-order valence-corrected chi connectivity index (χ1v) is 3.02. The highest BCUT2D eigenvalue weighted by Crippen LogP contribution is 2.12. The quantitative estimate of drug-likeness (QED) is 0.383. The molecule has 0 aromatic heterocycles. The van der Waals surface area contributed by atoms with Crippen molar-refractivity contribution in [1.29, 1.82) is 0 Å². The lowest BCUT2D eigenvalue weighted by Crippen LogP contribution is -2.42. The third-order valence-electron chi connectivity index (χ3n) is 1.34. The molecule has 0 heterocycles. The van der Waals surface area contributed by atoms with E-state index in [0.29, 0.717) is 0 Å². The monoisotopic (exact) mass is 149 g/mol. The van der Waals surface area contributed by atoms with E-state index in [0.717, 1.165) is 0 Å². The number of aliphatic hydroxyl groups is 4. The summed E-state index contributed by atoms with van der Waals surface area (Å²) in [4.78, 5) is 0. The van der Waals surface area contributed by atoms with Gasteiger partial charge in [-0.05, 0) is 6.92 Å². The fourth-order valence-corrected chi connectivity index (χ4v) is 0.530. The summed E-state index contributed by atoms with van der Waals surface area (Å²) in [5, 5.41) is 34.7. The third-order valence-corrected chi connectivity index (χ3v) is 1.34. The van der Waals surface area contributed by atoms with E-state index in [1.807, 2.05) is 0 Å². The second-order valence-corrected chi connectivity index (χ2v) is 2.28. The summed E-state index contributed by atoms with van der Waals surface area (Å²) in [6.45, 7) is 2.39. The summed E-state index contributed by atoms with van der Waals surface area (Å²) in [6.07, 6.45) is -1.34. The van der Waals surface area contributed by atoms with Gasteiger partial charge < -0.3 is 20.4 Å². The van der Waals surface area contributed by atoms with Crippen LogP contribution in [0, 0.1) is 6.92 Å². The average Bonchev–Trinajstić information content (AvgIpc) is 1.86. The molecular formula is C6H13O4. The summed E-state index contributed by atoms with van der Waals surface area (Å²) >= 11 is 0. The van der Waals surface area contributed by atoms with Crippen molar-refractivity contribution in [2.45, 2.75) is 18.1 Å². The average molecular weight is 149 g/mol. The van der Waals surface area contributed by atoms with Crippen molar-refractivity contribution in [1.82, 2.24) is 0 Å². The van der Waals surface area contributed by atoms with E-state index in [-0.39, 0.29) is 13.0 Å². The number of rotatable bonds is 4. The van der Waals surface area contributed by atoms with E-state index in [1.165, 1.54) is 0 Å². The van der Waals surface area contributed by atoms with Gasteiger partial charge in [-0.25, -0.2) is 0 Å². The van der Waals surface area contributed by atoms with E-state index < -0.39 is 18.3 Å². The summed E-state index contributed by atoms with van der Waals surface area (Å²) in [7, 11) is 0. The topological polar surface area (TPSA) is 80.9 Å². The molecule has 0 aromatic carbocycles. The van der Waals surface area contributed by atoms with Crippen LogP contribution >= 0.6 is 0 Å². The molecule has 10 heavy (non-hydrogen) atoms. The predicted octanol–water partition coefficient (Wildman–Crippen LogP) is -1.71. The van der Waals surface area contributed by atoms with Gasteiger partial charge in [-0.3, -0.25) is 0 Å². The largest absolute Gasteiger partial charge is 0.396 e. The zero-order valence-corrected chi connectivity index (χ0v) is 5.69. The van der Waals surface area contributed by atoms with Gasteiger partial charge in [0.15, 0.2) is 0 Å². The first kappa shape index (κ1) is 9.84. The molecular weight excluding hydrogens is 136 g/mol. The zero-order chi connectivity index (χ0) is 8.20. The number of aliphatic hydroxyl groups excluding tert-OH is 3. The van der Waals surface area contributed by atoms with Gasteiger partial charge in [-0.2, -0.15) is 0 Å². The molecule has 1 radical (unpaired) electrons. The van der Waals surface area contributed by atoms with Crippen LogP contribution in [0.1, 0.15) is 6.42 Å². The minimum atomic E-state index is -1.64. The van der Waals surface area contributed by atoms with Crippen molar-refractivity contribution in [3.8, 4) is 0 Å². The second kappa shape index (κ2) is 3.88. The molecule has 0 fully saturated rings. The Labute approximate surface area is 59.7 Å². The summed E-state index contributed by atoms with van der Waals surface area (Å²) < 4.78 is 0. The van der Waals surface area contributed by atoms with Gasteiger partial charge in [0.1, 0.15) is 6.10 Å². The molecule has 0 aliphatic carbocycles. The molecule has 0 aromatic rings. The fourth-order valence-electron chi connectivity index (χ4n) is 0.530. The highest BCUT2D eigenvalue weighted by Gasteiger charge is 2.28. The third kappa shape index (κ3) is 2.62. The van der Waals surface area contributed by atoms with E-state index in [9.17, 15) is 0 Å². The molecule has 4 heteroatoms. The Balaban J connectivity index is 3.82. The van der Waals surface area contributed by atoms with E-state index in [4.69, 9.17) is 20.4 Å². The van der Waals surface area contributed by atoms with Gasteiger partial charge in [-0.15, -0.1) is 0 Å². The highest BCUT2D eigenvalue weighted by atomic mass is 16.4. The van der Waals surface area contributed by atoms with Crippen molar-refractivity contribution >= 4 is 0 Å². The second-order valence-electron chi connectivity index (χ2n) is 2.28. The molecule has 61 valence electrons. The molecule has 0 aliphatic heterocycles. The zero-order valence-electron chi connectivity index (χ0n) is 5.69. The summed E-state index contributed by atoms with van der Waals surface area (Å²) in [5.41, 5.74) is -1.64. The molecule has 0 saturated heterocycles. The van der Waals surface area contributed by atoms with Crippen molar-refractivity contribution in [2.24, 2.45) is 0 Å². The van der Waals surface area contributed by atoms with Crippen LogP contribution < -0.4 is 0 Å². The standard InChI is InChI=1S/C6H13O4/c1-6(10,2-3-7)5(9)4-8/h5,7-10H,1-4H2. The van der Waals surface area contributed by atoms with Gasteiger partial charge in [0.25, 0.3) is 0 Å². The van der Waals surface area contributed by atoms with Crippen molar-refractivity contribution in [3.63, 3.8) is 0 Å². The molecule has 0 spiro atoms. The minimum absolute atomic E-state index is 0.0469. The Morgan fingerprint density at radius 3 is 2.20 bits per heavy atom. The number of hydrogen-bond donors (Lipinski definition) is 4. The fraction of sp³-hybridized carbons (Fsp3) is 0.833. The molecule has 2 atom stereocenters. The van der Waals surface area contributed by atoms with Gasteiger partial charge >= 0.3 is 0 Å². The Bertz CT molecular complexity index is 91.7. The van der Waals surface area contributed by atoms with E-state index in [1.54, 1.807) is 0 Å². The van der Waals surface area contributed by atoms with Gasteiger partial charge in [0.05, 0.1) is 12.2 Å². The van der Waals surface area contributed by atoms with Gasteiger partial charge in [0.2, 0.25) is 0 Å². The molecule has 0 bridgehead atoms. The molecule has 4 nitrogen and oxygen atoms in total. The van der Waals surface area contributed by atoms with Crippen molar-refractivity contribution in [2.75, 3.05) is 13.2 Å². The SMILES string of the molecule is [CH2]C(O)(CCO)C(O)CO. The van der Waals surface area contributed by atoms with Crippen LogP contribution in [0.25, 0.3) is 0 Å². The normalized spacial score (nSPS) is 20.1. The highest BCUT2D eigenvalue weighted by molar-refractivity contribution is 4.88. The van der Waals surface area contributed by atoms with Crippen LogP contribution in [0.4, 0.5) is 0 Å². The number of hydrogen-bond acceptors (Lipinski definition) is 4. The lowest BCUT2D eigenvalue weighted by molar-refractivity contribution is -0.0759. The minimum Gasteiger partial charge on any atom is -0.396 e. The lowest BCUT2D eigenvalue weighted by atomic mass is 9.96. The Kier molecular flexibility index (Phi) is 3.81. The maximum absolute atomic E-state index is 9.10. The van der Waals surface area contributed by atoms with Crippen molar-refractivity contribution in [3.05, 3.63) is 6.92 Å².